The Hall–Kier alpha value is -3.55. The Bertz CT molecular complexity index is 1150. The molecule has 8 nitrogen and oxygen atoms in total. The highest BCUT2D eigenvalue weighted by Crippen LogP contribution is 2.48. The first kappa shape index (κ1) is 18.5. The van der Waals surface area contributed by atoms with Crippen LogP contribution in [0, 0.1) is 13.8 Å². The van der Waals surface area contributed by atoms with Gasteiger partial charge in [-0.3, -0.25) is 5.10 Å². The van der Waals surface area contributed by atoms with E-state index in [1.807, 2.05) is 13.8 Å². The van der Waals surface area contributed by atoms with E-state index < -0.39 is 0 Å². The number of nitrogens with two attached hydrogens (primary N) is 1. The van der Waals surface area contributed by atoms with E-state index in [1.54, 1.807) is 12.4 Å². The number of nitrogen functional groups attached to an aromatic ring is 1. The van der Waals surface area contributed by atoms with E-state index in [0.717, 1.165) is 53.2 Å². The number of hydrogen-bond donors (Lipinski definition) is 2. The Labute approximate surface area is 174 Å². The molecule has 0 amide bonds. The second-order valence-electron chi connectivity index (χ2n) is 7.94. The first-order chi connectivity index (χ1) is 14.5. The number of aromatic amines is 1. The van der Waals surface area contributed by atoms with Gasteiger partial charge in [0.25, 0.3) is 0 Å². The summed E-state index contributed by atoms with van der Waals surface area (Å²) in [6.07, 6.45) is 7.24. The zero-order valence-corrected chi connectivity index (χ0v) is 17.0. The molecule has 30 heavy (non-hydrogen) atoms. The minimum atomic E-state index is -0.182. The van der Waals surface area contributed by atoms with Crippen LogP contribution in [0.15, 0.2) is 41.2 Å². The third kappa shape index (κ3) is 3.04. The quantitative estimate of drug-likeness (QED) is 0.525. The molecule has 0 aliphatic heterocycles. The SMILES string of the molecule is Cc1n[nH]c(C)c1Cc1nc(C2(c3ccc(-c4cnc(N)nc4)cc3)CCC2)no1. The maximum Gasteiger partial charge on any atom is 0.231 e. The van der Waals surface area contributed by atoms with Crippen LogP contribution in [0.1, 0.15) is 53.5 Å². The molecule has 5 rings (SSSR count). The minimum absolute atomic E-state index is 0.182. The van der Waals surface area contributed by atoms with Crippen molar-refractivity contribution < 1.29 is 4.52 Å². The summed E-state index contributed by atoms with van der Waals surface area (Å²) in [7, 11) is 0. The highest BCUT2D eigenvalue weighted by Gasteiger charge is 2.44. The van der Waals surface area contributed by atoms with Gasteiger partial charge in [0.05, 0.1) is 17.5 Å². The molecule has 0 atom stereocenters. The highest BCUT2D eigenvalue weighted by molar-refractivity contribution is 5.62. The Morgan fingerprint density at radius 1 is 1.07 bits per heavy atom. The molecular weight excluding hydrogens is 378 g/mol. The monoisotopic (exact) mass is 401 g/mol. The molecule has 0 saturated heterocycles. The first-order valence-electron chi connectivity index (χ1n) is 10.1. The number of nitrogens with zero attached hydrogens (tertiary/aromatic N) is 5. The number of hydrogen-bond acceptors (Lipinski definition) is 7. The van der Waals surface area contributed by atoms with Crippen LogP contribution in [0.2, 0.25) is 0 Å². The van der Waals surface area contributed by atoms with Crippen molar-refractivity contribution in [2.45, 2.75) is 44.9 Å². The summed E-state index contributed by atoms with van der Waals surface area (Å²) in [4.78, 5) is 12.9. The van der Waals surface area contributed by atoms with Gasteiger partial charge in [0.2, 0.25) is 11.8 Å². The number of nitrogens with one attached hydrogen (secondary N) is 1. The van der Waals surface area contributed by atoms with Gasteiger partial charge in [-0.25, -0.2) is 9.97 Å². The second-order valence-corrected chi connectivity index (χ2v) is 7.94. The minimum Gasteiger partial charge on any atom is -0.368 e. The van der Waals surface area contributed by atoms with Crippen LogP contribution in [0.3, 0.4) is 0 Å². The van der Waals surface area contributed by atoms with Crippen LogP contribution in [0.4, 0.5) is 5.95 Å². The van der Waals surface area contributed by atoms with Gasteiger partial charge in [0.1, 0.15) is 0 Å². The molecule has 1 saturated carbocycles. The van der Waals surface area contributed by atoms with Gasteiger partial charge >= 0.3 is 0 Å². The maximum atomic E-state index is 5.62. The Kier molecular flexibility index (Phi) is 4.34. The average Bonchev–Trinajstić information content (AvgIpc) is 3.31. The van der Waals surface area contributed by atoms with Crippen LogP contribution in [-0.4, -0.2) is 30.3 Å². The zero-order valence-electron chi connectivity index (χ0n) is 17.0. The molecule has 0 bridgehead atoms. The fourth-order valence-electron chi connectivity index (χ4n) is 4.15. The van der Waals surface area contributed by atoms with Crippen molar-refractivity contribution in [3.8, 4) is 11.1 Å². The molecule has 1 aliphatic carbocycles. The third-order valence-corrected chi connectivity index (χ3v) is 6.15. The standard InChI is InChI=1S/C22H23N7O/c1-13-18(14(2)28-27-13)10-19-26-20(29-30-19)22(8-3-9-22)17-6-4-15(5-7-17)16-11-24-21(23)25-12-16/h4-7,11-12H,3,8-10H2,1-2H3,(H,27,28)(H2,23,24,25). The molecule has 0 radical (unpaired) electrons. The van der Waals surface area contributed by atoms with Crippen LogP contribution < -0.4 is 5.73 Å². The molecule has 1 fully saturated rings. The van der Waals surface area contributed by atoms with E-state index >= 15 is 0 Å². The summed E-state index contributed by atoms with van der Waals surface area (Å²) >= 11 is 0. The fourth-order valence-corrected chi connectivity index (χ4v) is 4.15. The lowest BCUT2D eigenvalue weighted by Gasteiger charge is -2.39. The van der Waals surface area contributed by atoms with Crippen LogP contribution in [0.5, 0.6) is 0 Å². The Morgan fingerprint density at radius 3 is 2.40 bits per heavy atom. The lowest BCUT2D eigenvalue weighted by Crippen LogP contribution is -2.36. The molecule has 3 heterocycles. The topological polar surface area (TPSA) is 119 Å². The Balaban J connectivity index is 1.42. The van der Waals surface area contributed by atoms with Gasteiger partial charge in [-0.1, -0.05) is 35.8 Å². The van der Waals surface area contributed by atoms with E-state index in [0.29, 0.717) is 12.3 Å². The normalized spacial score (nSPS) is 15.1. The zero-order chi connectivity index (χ0) is 20.7. The Morgan fingerprint density at radius 2 is 1.80 bits per heavy atom. The molecule has 8 heteroatoms. The lowest BCUT2D eigenvalue weighted by atomic mass is 9.64. The lowest BCUT2D eigenvalue weighted by molar-refractivity contribution is 0.271. The number of anilines is 1. The largest absolute Gasteiger partial charge is 0.368 e. The number of H-pyrrole nitrogens is 1. The molecule has 0 spiro atoms. The molecule has 0 unspecified atom stereocenters. The number of rotatable bonds is 5. The molecule has 4 aromatic rings. The summed E-state index contributed by atoms with van der Waals surface area (Å²) in [5.74, 6) is 1.67. The molecule has 1 aromatic carbocycles. The highest BCUT2D eigenvalue weighted by atomic mass is 16.5. The van der Waals surface area contributed by atoms with Crippen molar-refractivity contribution in [2.75, 3.05) is 5.73 Å². The van der Waals surface area contributed by atoms with Gasteiger partial charge in [0.15, 0.2) is 5.82 Å². The summed E-state index contributed by atoms with van der Waals surface area (Å²) in [5.41, 5.74) is 11.7. The predicted octanol–water partition coefficient (Wildman–Crippen LogP) is 3.51. The molecule has 1 aliphatic rings. The van der Waals surface area contributed by atoms with Gasteiger partial charge in [-0.05, 0) is 37.8 Å². The summed E-state index contributed by atoms with van der Waals surface area (Å²) in [6, 6.07) is 8.46. The first-order valence-corrected chi connectivity index (χ1v) is 10.1. The molecule has 152 valence electrons. The number of aryl methyl sites for hydroxylation is 2. The van der Waals surface area contributed by atoms with Crippen LogP contribution >= 0.6 is 0 Å². The third-order valence-electron chi connectivity index (χ3n) is 6.15. The predicted molar refractivity (Wildman–Crippen MR) is 112 cm³/mol. The van der Waals surface area contributed by atoms with Crippen molar-refractivity contribution >= 4 is 5.95 Å². The molecule has 3 aromatic heterocycles. The van der Waals surface area contributed by atoms with Crippen LogP contribution in [-0.2, 0) is 11.8 Å². The summed E-state index contributed by atoms with van der Waals surface area (Å²) in [5, 5.41) is 11.6. The molecular formula is C22H23N7O. The van der Waals surface area contributed by atoms with Crippen molar-refractivity contribution in [1.82, 2.24) is 30.3 Å². The van der Waals surface area contributed by atoms with Crippen LogP contribution in [0.25, 0.3) is 11.1 Å². The average molecular weight is 401 g/mol. The van der Waals surface area contributed by atoms with Crippen molar-refractivity contribution in [2.24, 2.45) is 0 Å². The maximum absolute atomic E-state index is 5.62. The van der Waals surface area contributed by atoms with Gasteiger partial charge in [0, 0.05) is 29.2 Å². The van der Waals surface area contributed by atoms with Crippen molar-refractivity contribution in [3.63, 3.8) is 0 Å². The summed E-state index contributed by atoms with van der Waals surface area (Å²) in [6.45, 7) is 3.99. The second kappa shape index (κ2) is 7.05. The van der Waals surface area contributed by atoms with Gasteiger partial charge in [-0.2, -0.15) is 10.1 Å². The van der Waals surface area contributed by atoms with E-state index in [9.17, 15) is 0 Å². The van der Waals surface area contributed by atoms with E-state index in [2.05, 4.69) is 49.6 Å². The molecule has 3 N–H and O–H groups in total. The van der Waals surface area contributed by atoms with E-state index in [4.69, 9.17) is 15.2 Å². The van der Waals surface area contributed by atoms with Gasteiger partial charge in [-0.15, -0.1) is 0 Å². The van der Waals surface area contributed by atoms with Crippen molar-refractivity contribution in [3.05, 3.63) is 70.9 Å². The van der Waals surface area contributed by atoms with Crippen molar-refractivity contribution in [1.29, 1.82) is 0 Å². The fraction of sp³-hybridized carbons (Fsp3) is 0.318. The summed E-state index contributed by atoms with van der Waals surface area (Å²) < 4.78 is 5.62. The smallest absolute Gasteiger partial charge is 0.231 e. The number of aromatic nitrogens is 6. The van der Waals surface area contributed by atoms with Gasteiger partial charge < -0.3 is 10.3 Å². The van der Waals surface area contributed by atoms with E-state index in [1.165, 1.54) is 5.56 Å². The number of benzene rings is 1. The van der Waals surface area contributed by atoms with E-state index in [-0.39, 0.29) is 11.4 Å².